The van der Waals surface area contributed by atoms with Gasteiger partial charge >= 0.3 is 0 Å². The molecule has 3 aromatic rings. The Labute approximate surface area is 134 Å². The number of aromatic hydroxyl groups is 1. The van der Waals surface area contributed by atoms with E-state index < -0.39 is 0 Å². The van der Waals surface area contributed by atoms with Crippen LogP contribution < -0.4 is 4.74 Å². The van der Waals surface area contributed by atoms with Crippen molar-refractivity contribution in [2.75, 3.05) is 7.11 Å². The molecule has 0 amide bonds. The van der Waals surface area contributed by atoms with Gasteiger partial charge in [-0.15, -0.1) is 11.3 Å². The van der Waals surface area contributed by atoms with Crippen LogP contribution >= 0.6 is 27.3 Å². The molecule has 0 atom stereocenters. The number of rotatable bonds is 3. The summed E-state index contributed by atoms with van der Waals surface area (Å²) >= 11 is 5.10. The molecule has 0 saturated heterocycles. The van der Waals surface area contributed by atoms with Crippen molar-refractivity contribution >= 4 is 49.6 Å². The minimum atomic E-state index is 0.115. The molecule has 3 nitrogen and oxygen atoms in total. The predicted molar refractivity (Wildman–Crippen MR) is 90.9 cm³/mol. The number of thiazole rings is 1. The fourth-order valence-electron chi connectivity index (χ4n) is 1.97. The first-order valence-corrected chi connectivity index (χ1v) is 7.88. The summed E-state index contributed by atoms with van der Waals surface area (Å²) in [5.74, 6) is 0.559. The minimum Gasteiger partial charge on any atom is -0.504 e. The zero-order valence-electron chi connectivity index (χ0n) is 11.2. The van der Waals surface area contributed by atoms with Gasteiger partial charge in [-0.05, 0) is 35.9 Å². The van der Waals surface area contributed by atoms with Crippen molar-refractivity contribution in [3.8, 4) is 11.5 Å². The van der Waals surface area contributed by atoms with E-state index in [0.29, 0.717) is 5.75 Å². The van der Waals surface area contributed by atoms with E-state index in [-0.39, 0.29) is 5.75 Å². The summed E-state index contributed by atoms with van der Waals surface area (Å²) in [6.07, 6.45) is 3.86. The van der Waals surface area contributed by atoms with Crippen LogP contribution in [0.25, 0.3) is 22.4 Å². The minimum absolute atomic E-state index is 0.115. The number of aromatic nitrogens is 1. The highest BCUT2D eigenvalue weighted by Crippen LogP contribution is 2.33. The van der Waals surface area contributed by atoms with Crippen LogP contribution in [0.2, 0.25) is 0 Å². The molecule has 0 bridgehead atoms. The Morgan fingerprint density at radius 2 is 2.05 bits per heavy atom. The van der Waals surface area contributed by atoms with Gasteiger partial charge in [0, 0.05) is 4.47 Å². The average Bonchev–Trinajstić information content (AvgIpc) is 2.90. The van der Waals surface area contributed by atoms with E-state index >= 15 is 0 Å². The molecule has 0 aliphatic carbocycles. The second-order valence-electron chi connectivity index (χ2n) is 4.40. The van der Waals surface area contributed by atoms with Gasteiger partial charge in [0.15, 0.2) is 11.5 Å². The predicted octanol–water partition coefficient (Wildman–Crippen LogP) is 4.94. The molecule has 3 rings (SSSR count). The Bertz CT molecular complexity index is 793. The number of nitrogens with zero attached hydrogens (tertiary/aromatic N) is 1. The Morgan fingerprint density at radius 1 is 1.24 bits per heavy atom. The molecule has 0 aliphatic heterocycles. The maximum atomic E-state index is 9.83. The van der Waals surface area contributed by atoms with Gasteiger partial charge in [0.25, 0.3) is 0 Å². The molecule has 1 aromatic heterocycles. The zero-order chi connectivity index (χ0) is 14.8. The van der Waals surface area contributed by atoms with E-state index in [4.69, 9.17) is 4.74 Å². The normalized spacial score (nSPS) is 11.3. The summed E-state index contributed by atoms with van der Waals surface area (Å²) in [5.41, 5.74) is 1.87. The molecule has 2 aromatic carbocycles. The second-order valence-corrected chi connectivity index (χ2v) is 6.32. The number of benzene rings is 2. The number of methoxy groups -OCH3 is 1. The number of halogens is 1. The van der Waals surface area contributed by atoms with Crippen molar-refractivity contribution in [3.05, 3.63) is 51.4 Å². The van der Waals surface area contributed by atoms with Crippen LogP contribution in [0.15, 0.2) is 40.9 Å². The SMILES string of the molecule is COc1cc(Br)c(C=Cc2nc3ccccc3s2)cc1O. The average molecular weight is 362 g/mol. The number of fused-ring (bicyclic) bond motifs is 1. The fourth-order valence-corrected chi connectivity index (χ4v) is 3.30. The zero-order valence-corrected chi connectivity index (χ0v) is 13.6. The van der Waals surface area contributed by atoms with E-state index in [2.05, 4.69) is 27.0 Å². The first kappa shape index (κ1) is 14.1. The number of para-hydroxylation sites is 1. The molecule has 5 heteroatoms. The molecule has 1 N–H and O–H groups in total. The lowest BCUT2D eigenvalue weighted by Gasteiger charge is -2.06. The summed E-state index contributed by atoms with van der Waals surface area (Å²) in [7, 11) is 1.53. The van der Waals surface area contributed by atoms with Crippen molar-refractivity contribution in [2.24, 2.45) is 0 Å². The highest BCUT2D eigenvalue weighted by atomic mass is 79.9. The third-order valence-corrected chi connectivity index (χ3v) is 4.70. The number of hydrogen-bond acceptors (Lipinski definition) is 4. The lowest BCUT2D eigenvalue weighted by molar-refractivity contribution is 0.373. The molecule has 0 saturated carbocycles. The molecular formula is C16H12BrNO2S. The molecule has 0 fully saturated rings. The second kappa shape index (κ2) is 5.87. The van der Waals surface area contributed by atoms with Crippen LogP contribution in [0.4, 0.5) is 0 Å². The van der Waals surface area contributed by atoms with Gasteiger partial charge in [-0.25, -0.2) is 4.98 Å². The molecule has 0 unspecified atom stereocenters. The summed E-state index contributed by atoms with van der Waals surface area (Å²) < 4.78 is 7.09. The van der Waals surface area contributed by atoms with E-state index in [1.165, 1.54) is 7.11 Å². The van der Waals surface area contributed by atoms with Gasteiger partial charge in [-0.3, -0.25) is 0 Å². The van der Waals surface area contributed by atoms with Crippen LogP contribution in [0.3, 0.4) is 0 Å². The van der Waals surface area contributed by atoms with Crippen molar-refractivity contribution < 1.29 is 9.84 Å². The van der Waals surface area contributed by atoms with Crippen molar-refractivity contribution in [1.29, 1.82) is 0 Å². The number of phenolic OH excluding ortho intramolecular Hbond substituents is 1. The third-order valence-electron chi connectivity index (χ3n) is 3.01. The quantitative estimate of drug-likeness (QED) is 0.717. The Balaban J connectivity index is 1.93. The molecular weight excluding hydrogens is 350 g/mol. The maximum Gasteiger partial charge on any atom is 0.161 e. The standard InChI is InChI=1S/C16H12BrNO2S/c1-20-14-9-11(17)10(8-13(14)19)6-7-16-18-12-4-2-3-5-15(12)21-16/h2-9,19H,1H3. The summed E-state index contributed by atoms with van der Waals surface area (Å²) in [6, 6.07) is 11.4. The molecule has 0 aliphatic rings. The van der Waals surface area contributed by atoms with Crippen LogP contribution in [0.1, 0.15) is 10.6 Å². The maximum absolute atomic E-state index is 9.83. The highest BCUT2D eigenvalue weighted by molar-refractivity contribution is 9.10. The molecule has 0 radical (unpaired) electrons. The highest BCUT2D eigenvalue weighted by Gasteiger charge is 2.06. The van der Waals surface area contributed by atoms with E-state index in [1.54, 1.807) is 23.5 Å². The van der Waals surface area contributed by atoms with Gasteiger partial charge in [0.2, 0.25) is 0 Å². The molecule has 106 valence electrons. The molecule has 0 spiro atoms. The van der Waals surface area contributed by atoms with Crippen molar-refractivity contribution in [3.63, 3.8) is 0 Å². The molecule has 1 heterocycles. The lowest BCUT2D eigenvalue weighted by Crippen LogP contribution is -1.85. The Kier molecular flexibility index (Phi) is 3.94. The number of phenols is 1. The van der Waals surface area contributed by atoms with Gasteiger partial charge < -0.3 is 9.84 Å². The number of hydrogen-bond donors (Lipinski definition) is 1. The van der Waals surface area contributed by atoms with Crippen LogP contribution in [0, 0.1) is 0 Å². The summed E-state index contributed by atoms with van der Waals surface area (Å²) in [6.45, 7) is 0. The summed E-state index contributed by atoms with van der Waals surface area (Å²) in [4.78, 5) is 4.54. The largest absolute Gasteiger partial charge is 0.504 e. The van der Waals surface area contributed by atoms with Crippen molar-refractivity contribution in [1.82, 2.24) is 4.98 Å². The van der Waals surface area contributed by atoms with Gasteiger partial charge in [-0.1, -0.05) is 34.1 Å². The van der Waals surface area contributed by atoms with Gasteiger partial charge in [-0.2, -0.15) is 0 Å². The molecule has 21 heavy (non-hydrogen) atoms. The first-order chi connectivity index (χ1) is 10.2. The van der Waals surface area contributed by atoms with E-state index in [1.807, 2.05) is 30.4 Å². The van der Waals surface area contributed by atoms with E-state index in [9.17, 15) is 5.11 Å². The topological polar surface area (TPSA) is 42.4 Å². The van der Waals surface area contributed by atoms with Crippen LogP contribution in [-0.2, 0) is 0 Å². The first-order valence-electron chi connectivity index (χ1n) is 6.27. The van der Waals surface area contributed by atoms with Gasteiger partial charge in [0.1, 0.15) is 5.01 Å². The smallest absolute Gasteiger partial charge is 0.161 e. The van der Waals surface area contributed by atoms with Gasteiger partial charge in [0.05, 0.1) is 17.3 Å². The third kappa shape index (κ3) is 2.94. The lowest BCUT2D eigenvalue weighted by atomic mass is 10.2. The van der Waals surface area contributed by atoms with E-state index in [0.717, 1.165) is 25.3 Å². The van der Waals surface area contributed by atoms with Crippen molar-refractivity contribution in [2.45, 2.75) is 0 Å². The Morgan fingerprint density at radius 3 is 2.81 bits per heavy atom. The number of ether oxygens (including phenoxy) is 1. The van der Waals surface area contributed by atoms with Crippen LogP contribution in [0.5, 0.6) is 11.5 Å². The van der Waals surface area contributed by atoms with Crippen LogP contribution in [-0.4, -0.2) is 17.2 Å². The summed E-state index contributed by atoms with van der Waals surface area (Å²) in [5, 5.41) is 10.8. The fraction of sp³-hybridized carbons (Fsp3) is 0.0625. The monoisotopic (exact) mass is 361 g/mol. The Hall–Kier alpha value is -1.85.